The summed E-state index contributed by atoms with van der Waals surface area (Å²) in [5, 5.41) is 0. The van der Waals surface area contributed by atoms with E-state index in [1.54, 1.807) is 12.1 Å². The molecule has 0 aromatic heterocycles. The number of ether oxygens (including phenoxy) is 2. The molecule has 3 rings (SSSR count). The smallest absolute Gasteiger partial charge is 0.338 e. The molecule has 114 valence electrons. The van der Waals surface area contributed by atoms with E-state index in [2.05, 4.69) is 13.8 Å². The summed E-state index contributed by atoms with van der Waals surface area (Å²) in [5.41, 5.74) is 0.158. The molecule has 1 saturated heterocycles. The van der Waals surface area contributed by atoms with E-state index in [0.717, 1.165) is 0 Å². The zero-order chi connectivity index (χ0) is 14.9. The van der Waals surface area contributed by atoms with Crippen molar-refractivity contribution in [2.45, 2.75) is 57.2 Å². The number of hydrogen-bond donors (Lipinski definition) is 0. The second-order valence-electron chi connectivity index (χ2n) is 6.72. The highest BCUT2D eigenvalue weighted by Gasteiger charge is 2.67. The van der Waals surface area contributed by atoms with Crippen molar-refractivity contribution in [1.29, 1.82) is 0 Å². The molecule has 1 aliphatic heterocycles. The molecule has 1 aromatic carbocycles. The Labute approximate surface area is 126 Å². The van der Waals surface area contributed by atoms with Crippen LogP contribution in [-0.2, 0) is 9.47 Å². The molecule has 2 fully saturated rings. The summed E-state index contributed by atoms with van der Waals surface area (Å²) >= 11 is 0. The minimum Gasteiger partial charge on any atom is -0.459 e. The molecule has 0 N–H and O–H groups in total. The monoisotopic (exact) mass is 288 g/mol. The number of carbonyl (C=O) groups excluding carboxylic acids is 1. The highest BCUT2D eigenvalue weighted by atomic mass is 16.7. The molecule has 0 bridgehead atoms. The number of esters is 1. The van der Waals surface area contributed by atoms with Gasteiger partial charge in [-0.1, -0.05) is 37.5 Å². The van der Waals surface area contributed by atoms with Gasteiger partial charge in [0.05, 0.1) is 5.56 Å². The summed E-state index contributed by atoms with van der Waals surface area (Å²) in [6, 6.07) is 9.13. The molecule has 2 atom stereocenters. The van der Waals surface area contributed by atoms with E-state index < -0.39 is 0 Å². The summed E-state index contributed by atoms with van der Waals surface area (Å²) in [4.78, 5) is 12.0. The normalized spacial score (nSPS) is 32.7. The van der Waals surface area contributed by atoms with Crippen LogP contribution in [0.25, 0.3) is 0 Å². The molecular weight excluding hydrogens is 264 g/mol. The summed E-state index contributed by atoms with van der Waals surface area (Å²) in [5.74, 6) is 0.338. The van der Waals surface area contributed by atoms with Crippen molar-refractivity contribution in [3.8, 4) is 0 Å². The van der Waals surface area contributed by atoms with E-state index in [4.69, 9.17) is 9.47 Å². The lowest BCUT2D eigenvalue weighted by molar-refractivity contribution is 0.0410. The van der Waals surface area contributed by atoms with E-state index in [-0.39, 0.29) is 17.2 Å². The second kappa shape index (κ2) is 5.45. The first-order valence-electron chi connectivity index (χ1n) is 7.97. The average Bonchev–Trinajstić information content (AvgIpc) is 3.10. The summed E-state index contributed by atoms with van der Waals surface area (Å²) < 4.78 is 11.5. The van der Waals surface area contributed by atoms with E-state index in [0.29, 0.717) is 18.1 Å². The minimum absolute atomic E-state index is 0.121. The lowest BCUT2D eigenvalue weighted by Crippen LogP contribution is -2.34. The van der Waals surface area contributed by atoms with Gasteiger partial charge in [0.25, 0.3) is 0 Å². The topological polar surface area (TPSA) is 38.8 Å². The number of epoxide rings is 1. The van der Waals surface area contributed by atoms with Crippen LogP contribution >= 0.6 is 0 Å². The fraction of sp³-hybridized carbons (Fsp3) is 0.611. The Morgan fingerprint density at radius 3 is 2.52 bits per heavy atom. The fourth-order valence-electron chi connectivity index (χ4n) is 3.64. The van der Waals surface area contributed by atoms with Crippen LogP contribution in [-0.4, -0.2) is 23.8 Å². The van der Waals surface area contributed by atoms with Gasteiger partial charge < -0.3 is 9.47 Å². The standard InChI is InChI=1S/C18H24O3/c1-17(13-20-16(19)14-9-5-3-6-10-14)18(2,21-17)15-11-7-4-8-12-15/h3,5-6,9-10,15H,4,7-8,11-13H2,1-2H3/t17-,18+/m1/s1. The van der Waals surface area contributed by atoms with Gasteiger partial charge in [-0.15, -0.1) is 0 Å². The predicted molar refractivity (Wildman–Crippen MR) is 81.2 cm³/mol. The van der Waals surface area contributed by atoms with Crippen molar-refractivity contribution in [2.24, 2.45) is 5.92 Å². The van der Waals surface area contributed by atoms with Gasteiger partial charge in [0.2, 0.25) is 0 Å². The Morgan fingerprint density at radius 1 is 1.19 bits per heavy atom. The zero-order valence-corrected chi connectivity index (χ0v) is 12.9. The SMILES string of the molecule is C[C@]1(COC(=O)c2ccccc2)O[C@@]1(C)C1CCCCC1. The van der Waals surface area contributed by atoms with Crippen molar-refractivity contribution in [3.63, 3.8) is 0 Å². The molecular formula is C18H24O3. The van der Waals surface area contributed by atoms with Gasteiger partial charge >= 0.3 is 5.97 Å². The minimum atomic E-state index is -0.320. The first-order valence-corrected chi connectivity index (χ1v) is 7.97. The van der Waals surface area contributed by atoms with E-state index in [1.165, 1.54) is 32.1 Å². The van der Waals surface area contributed by atoms with Gasteiger partial charge in [-0.05, 0) is 44.7 Å². The molecule has 0 unspecified atom stereocenters. The van der Waals surface area contributed by atoms with Gasteiger partial charge in [0, 0.05) is 0 Å². The Morgan fingerprint density at radius 2 is 1.86 bits per heavy atom. The highest BCUT2D eigenvalue weighted by molar-refractivity contribution is 5.89. The van der Waals surface area contributed by atoms with Crippen molar-refractivity contribution in [3.05, 3.63) is 35.9 Å². The van der Waals surface area contributed by atoms with Crippen molar-refractivity contribution >= 4 is 5.97 Å². The second-order valence-corrected chi connectivity index (χ2v) is 6.72. The van der Waals surface area contributed by atoms with Crippen LogP contribution < -0.4 is 0 Å². The Bertz CT molecular complexity index is 506. The molecule has 1 aromatic rings. The fourth-order valence-corrected chi connectivity index (χ4v) is 3.64. The average molecular weight is 288 g/mol. The summed E-state index contributed by atoms with van der Waals surface area (Å²) in [6.07, 6.45) is 6.40. The van der Waals surface area contributed by atoms with Crippen LogP contribution in [0.2, 0.25) is 0 Å². The Kier molecular flexibility index (Phi) is 3.78. The van der Waals surface area contributed by atoms with Crippen LogP contribution in [0.15, 0.2) is 30.3 Å². The predicted octanol–water partition coefficient (Wildman–Crippen LogP) is 3.97. The number of carbonyl (C=O) groups is 1. The molecule has 1 heterocycles. The Hall–Kier alpha value is -1.35. The lowest BCUT2D eigenvalue weighted by atomic mass is 9.75. The maximum Gasteiger partial charge on any atom is 0.338 e. The molecule has 3 nitrogen and oxygen atoms in total. The number of benzene rings is 1. The molecule has 2 aliphatic rings. The molecule has 3 heteroatoms. The number of hydrogen-bond acceptors (Lipinski definition) is 3. The van der Waals surface area contributed by atoms with Crippen LogP contribution in [0.4, 0.5) is 0 Å². The first kappa shape index (κ1) is 14.6. The molecule has 21 heavy (non-hydrogen) atoms. The maximum absolute atomic E-state index is 12.0. The van der Waals surface area contributed by atoms with Crippen molar-refractivity contribution < 1.29 is 14.3 Å². The lowest BCUT2D eigenvalue weighted by Gasteiger charge is -2.27. The van der Waals surface area contributed by atoms with Crippen LogP contribution in [0.1, 0.15) is 56.3 Å². The summed E-state index contributed by atoms with van der Waals surface area (Å²) in [6.45, 7) is 4.59. The van der Waals surface area contributed by atoms with Crippen LogP contribution in [0, 0.1) is 5.92 Å². The third-order valence-corrected chi connectivity index (χ3v) is 5.32. The third kappa shape index (κ3) is 2.71. The van der Waals surface area contributed by atoms with Gasteiger partial charge in [-0.25, -0.2) is 4.79 Å². The third-order valence-electron chi connectivity index (χ3n) is 5.32. The molecule has 1 saturated carbocycles. The van der Waals surface area contributed by atoms with Crippen molar-refractivity contribution in [2.75, 3.05) is 6.61 Å². The van der Waals surface area contributed by atoms with Crippen LogP contribution in [0.3, 0.4) is 0 Å². The van der Waals surface area contributed by atoms with Gasteiger partial charge in [-0.2, -0.15) is 0 Å². The quantitative estimate of drug-likeness (QED) is 0.621. The maximum atomic E-state index is 12.0. The van der Waals surface area contributed by atoms with Gasteiger partial charge in [0.1, 0.15) is 17.8 Å². The Balaban J connectivity index is 1.57. The molecule has 0 radical (unpaired) electrons. The van der Waals surface area contributed by atoms with E-state index >= 15 is 0 Å². The van der Waals surface area contributed by atoms with E-state index in [9.17, 15) is 4.79 Å². The van der Waals surface area contributed by atoms with Crippen LogP contribution in [0.5, 0.6) is 0 Å². The van der Waals surface area contributed by atoms with E-state index in [1.807, 2.05) is 18.2 Å². The largest absolute Gasteiger partial charge is 0.459 e. The van der Waals surface area contributed by atoms with Gasteiger partial charge in [0.15, 0.2) is 0 Å². The number of rotatable bonds is 4. The molecule has 0 spiro atoms. The molecule has 1 aliphatic carbocycles. The highest BCUT2D eigenvalue weighted by Crippen LogP contribution is 2.56. The van der Waals surface area contributed by atoms with Crippen molar-refractivity contribution in [1.82, 2.24) is 0 Å². The molecule has 0 amide bonds. The zero-order valence-electron chi connectivity index (χ0n) is 12.9. The first-order chi connectivity index (χ1) is 10.1. The van der Waals surface area contributed by atoms with Gasteiger partial charge in [-0.3, -0.25) is 0 Å². The summed E-state index contributed by atoms with van der Waals surface area (Å²) in [7, 11) is 0.